The molecule has 0 bridgehead atoms. The molecule has 4 rings (SSSR count). The molecule has 0 saturated heterocycles. The van der Waals surface area contributed by atoms with Crippen LogP contribution in [0.4, 0.5) is 0 Å². The summed E-state index contributed by atoms with van der Waals surface area (Å²) in [7, 11) is 0. The summed E-state index contributed by atoms with van der Waals surface area (Å²) in [4.78, 5) is 43.7. The Kier molecular flexibility index (Phi) is 5.19. The molecular weight excluding hydrogens is 354 g/mol. The third-order valence-electron chi connectivity index (χ3n) is 5.51. The van der Waals surface area contributed by atoms with Gasteiger partial charge in [-0.15, -0.1) is 0 Å². The summed E-state index contributed by atoms with van der Waals surface area (Å²) < 4.78 is 0. The number of fused-ring (bicyclic) bond motifs is 1. The summed E-state index contributed by atoms with van der Waals surface area (Å²) in [5, 5.41) is 2.85. The highest BCUT2D eigenvalue weighted by molar-refractivity contribution is 6.22. The molecule has 28 heavy (non-hydrogen) atoms. The summed E-state index contributed by atoms with van der Waals surface area (Å²) in [6.45, 7) is 0.452. The highest BCUT2D eigenvalue weighted by Gasteiger charge is 2.40. The summed E-state index contributed by atoms with van der Waals surface area (Å²) in [5.41, 5.74) is 2.04. The molecule has 0 spiro atoms. The molecule has 1 aliphatic heterocycles. The topological polar surface area (TPSA) is 79.4 Å². The van der Waals surface area contributed by atoms with Crippen molar-refractivity contribution in [1.82, 2.24) is 15.2 Å². The van der Waals surface area contributed by atoms with Crippen molar-refractivity contribution in [2.45, 2.75) is 44.6 Å². The molecule has 0 unspecified atom stereocenters. The Bertz CT molecular complexity index is 904. The van der Waals surface area contributed by atoms with Crippen molar-refractivity contribution in [3.8, 4) is 0 Å². The van der Waals surface area contributed by atoms with Gasteiger partial charge in [0.1, 0.15) is 0 Å². The molecule has 6 heteroatoms. The van der Waals surface area contributed by atoms with Crippen molar-refractivity contribution >= 4 is 17.7 Å². The van der Waals surface area contributed by atoms with E-state index in [-0.39, 0.29) is 23.8 Å². The van der Waals surface area contributed by atoms with Crippen LogP contribution in [0.25, 0.3) is 0 Å². The Labute approximate surface area is 164 Å². The van der Waals surface area contributed by atoms with Gasteiger partial charge in [-0.1, -0.05) is 25.3 Å². The van der Waals surface area contributed by atoms with Crippen molar-refractivity contribution in [3.05, 3.63) is 65.0 Å². The lowest BCUT2D eigenvalue weighted by molar-refractivity contribution is 0.0549. The van der Waals surface area contributed by atoms with E-state index < -0.39 is 0 Å². The van der Waals surface area contributed by atoms with E-state index >= 15 is 0 Å². The largest absolute Gasteiger partial charge is 0.352 e. The van der Waals surface area contributed by atoms with Crippen molar-refractivity contribution in [2.75, 3.05) is 6.54 Å². The van der Waals surface area contributed by atoms with E-state index in [4.69, 9.17) is 0 Å². The van der Waals surface area contributed by atoms with Crippen LogP contribution in [0.15, 0.2) is 42.6 Å². The van der Waals surface area contributed by atoms with Gasteiger partial charge in [0.2, 0.25) is 0 Å². The van der Waals surface area contributed by atoms with Gasteiger partial charge in [0.15, 0.2) is 0 Å². The number of imide groups is 1. The minimum absolute atomic E-state index is 0.0169. The highest BCUT2D eigenvalue weighted by atomic mass is 16.2. The number of amides is 3. The highest BCUT2D eigenvalue weighted by Crippen LogP contribution is 2.31. The predicted octanol–water partition coefficient (Wildman–Crippen LogP) is 2.98. The molecule has 2 aromatic rings. The van der Waals surface area contributed by atoms with Gasteiger partial charge in [-0.25, -0.2) is 0 Å². The molecule has 2 heterocycles. The fraction of sp³-hybridized carbons (Fsp3) is 0.364. The van der Waals surface area contributed by atoms with Gasteiger partial charge in [-0.2, -0.15) is 0 Å². The van der Waals surface area contributed by atoms with Gasteiger partial charge >= 0.3 is 0 Å². The molecule has 1 aromatic heterocycles. The molecule has 0 atom stereocenters. The van der Waals surface area contributed by atoms with Gasteiger partial charge in [-0.3, -0.25) is 24.3 Å². The average Bonchev–Trinajstić information content (AvgIpc) is 2.99. The second-order valence-corrected chi connectivity index (χ2v) is 7.36. The Balaban J connectivity index is 1.44. The minimum atomic E-state index is -0.268. The fourth-order valence-corrected chi connectivity index (χ4v) is 4.02. The Morgan fingerprint density at radius 2 is 1.82 bits per heavy atom. The summed E-state index contributed by atoms with van der Waals surface area (Å²) in [6, 6.07) is 10.4. The molecule has 0 radical (unpaired) electrons. The van der Waals surface area contributed by atoms with Gasteiger partial charge in [0.25, 0.3) is 17.7 Å². The molecule has 1 fully saturated rings. The second-order valence-electron chi connectivity index (χ2n) is 7.36. The van der Waals surface area contributed by atoms with Crippen molar-refractivity contribution in [1.29, 1.82) is 0 Å². The van der Waals surface area contributed by atoms with Crippen LogP contribution < -0.4 is 5.32 Å². The van der Waals surface area contributed by atoms with Crippen LogP contribution in [-0.2, 0) is 6.42 Å². The first-order chi connectivity index (χ1) is 13.6. The SMILES string of the molecule is O=C(NCCc1ccccn1)c1ccc2c(c1)C(=O)N(C1CCCCC1)C2=O. The standard InChI is InChI=1S/C22H23N3O3/c26-20(24-13-11-16-6-4-5-12-23-16)15-9-10-18-19(14-15)22(28)25(21(18)27)17-7-2-1-3-8-17/h4-6,9-10,12,14,17H,1-3,7-8,11,13H2,(H,24,26). The summed E-state index contributed by atoms with van der Waals surface area (Å²) in [5.74, 6) is -0.751. The van der Waals surface area contributed by atoms with Crippen molar-refractivity contribution in [3.63, 3.8) is 0 Å². The van der Waals surface area contributed by atoms with Gasteiger partial charge in [0.05, 0.1) is 11.1 Å². The normalized spacial score (nSPS) is 16.9. The molecule has 6 nitrogen and oxygen atoms in total. The van der Waals surface area contributed by atoms with E-state index in [1.165, 1.54) is 4.90 Å². The van der Waals surface area contributed by atoms with Crippen molar-refractivity contribution < 1.29 is 14.4 Å². The fourth-order valence-electron chi connectivity index (χ4n) is 4.02. The van der Waals surface area contributed by atoms with E-state index in [0.717, 1.165) is 37.8 Å². The number of aromatic nitrogens is 1. The Morgan fingerprint density at radius 3 is 2.57 bits per heavy atom. The summed E-state index contributed by atoms with van der Waals surface area (Å²) in [6.07, 6.45) is 7.33. The zero-order valence-corrected chi connectivity index (χ0v) is 15.7. The number of carbonyl (C=O) groups is 3. The molecule has 144 valence electrons. The molecule has 2 aliphatic rings. The third kappa shape index (κ3) is 3.54. The zero-order valence-electron chi connectivity index (χ0n) is 15.7. The first-order valence-corrected chi connectivity index (χ1v) is 9.85. The number of nitrogens with zero attached hydrogens (tertiary/aromatic N) is 2. The van der Waals surface area contributed by atoms with Crippen LogP contribution in [-0.4, -0.2) is 40.2 Å². The van der Waals surface area contributed by atoms with Gasteiger partial charge in [-0.05, 0) is 43.2 Å². The predicted molar refractivity (Wildman–Crippen MR) is 104 cm³/mol. The van der Waals surface area contributed by atoms with Crippen LogP contribution in [0.3, 0.4) is 0 Å². The number of nitrogens with one attached hydrogen (secondary N) is 1. The van der Waals surface area contributed by atoms with Crippen LogP contribution in [0, 0.1) is 0 Å². The van der Waals surface area contributed by atoms with Gasteiger partial charge < -0.3 is 5.32 Å². The Morgan fingerprint density at radius 1 is 1.04 bits per heavy atom. The van der Waals surface area contributed by atoms with Crippen LogP contribution in [0.2, 0.25) is 0 Å². The van der Waals surface area contributed by atoms with E-state index in [0.29, 0.717) is 29.7 Å². The van der Waals surface area contributed by atoms with E-state index in [1.807, 2.05) is 18.2 Å². The Hall–Kier alpha value is -3.02. The van der Waals surface area contributed by atoms with Crippen LogP contribution in [0.5, 0.6) is 0 Å². The van der Waals surface area contributed by atoms with Crippen molar-refractivity contribution in [2.24, 2.45) is 0 Å². The molecular formula is C22H23N3O3. The lowest BCUT2D eigenvalue weighted by Gasteiger charge is -2.29. The van der Waals surface area contributed by atoms with Crippen LogP contribution >= 0.6 is 0 Å². The maximum Gasteiger partial charge on any atom is 0.261 e. The smallest absolute Gasteiger partial charge is 0.261 e. The number of benzene rings is 1. The van der Waals surface area contributed by atoms with Gasteiger partial charge in [0, 0.05) is 36.5 Å². The lowest BCUT2D eigenvalue weighted by Crippen LogP contribution is -2.40. The molecule has 3 amide bonds. The number of hydrogen-bond donors (Lipinski definition) is 1. The first kappa shape index (κ1) is 18.3. The molecule has 1 N–H and O–H groups in total. The number of carbonyl (C=O) groups excluding carboxylic acids is 3. The number of rotatable bonds is 5. The quantitative estimate of drug-likeness (QED) is 0.813. The van der Waals surface area contributed by atoms with E-state index in [2.05, 4.69) is 10.3 Å². The van der Waals surface area contributed by atoms with E-state index in [1.54, 1.807) is 24.4 Å². The molecule has 1 aliphatic carbocycles. The monoisotopic (exact) mass is 377 g/mol. The first-order valence-electron chi connectivity index (χ1n) is 9.85. The second kappa shape index (κ2) is 7.92. The number of hydrogen-bond acceptors (Lipinski definition) is 4. The molecule has 1 saturated carbocycles. The molecule has 1 aromatic carbocycles. The number of pyridine rings is 1. The maximum absolute atomic E-state index is 12.8. The van der Waals surface area contributed by atoms with E-state index in [9.17, 15) is 14.4 Å². The summed E-state index contributed by atoms with van der Waals surface area (Å²) >= 11 is 0. The van der Waals surface area contributed by atoms with Crippen LogP contribution in [0.1, 0.15) is 68.9 Å². The lowest BCUT2D eigenvalue weighted by atomic mass is 9.94. The maximum atomic E-state index is 12.8. The third-order valence-corrected chi connectivity index (χ3v) is 5.51. The minimum Gasteiger partial charge on any atom is -0.352 e. The average molecular weight is 377 g/mol. The zero-order chi connectivity index (χ0) is 19.5.